The third kappa shape index (κ3) is 2.42. The number of halogens is 1. The van der Waals surface area contributed by atoms with Crippen molar-refractivity contribution >= 4 is 23.2 Å². The number of hydrogen-bond donors (Lipinski definition) is 3. The summed E-state index contributed by atoms with van der Waals surface area (Å²) in [6.07, 6.45) is 2.25. The Morgan fingerprint density at radius 3 is 3.20 bits per heavy atom. The first-order valence-corrected chi connectivity index (χ1v) is 6.83. The highest BCUT2D eigenvalue weighted by Crippen LogP contribution is 2.23. The number of nitrogens with zero attached hydrogens (tertiary/aromatic N) is 1. The van der Waals surface area contributed by atoms with Crippen LogP contribution in [0.2, 0.25) is 5.02 Å². The largest absolute Gasteiger partial charge is 0.347 e. The Morgan fingerprint density at radius 1 is 1.50 bits per heavy atom. The van der Waals surface area contributed by atoms with Crippen molar-refractivity contribution in [3.05, 3.63) is 46.5 Å². The Balaban J connectivity index is 1.73. The van der Waals surface area contributed by atoms with Gasteiger partial charge < -0.3 is 10.3 Å². The lowest BCUT2D eigenvalue weighted by Crippen LogP contribution is -2.44. The van der Waals surface area contributed by atoms with Crippen molar-refractivity contribution < 1.29 is 4.79 Å². The van der Waals surface area contributed by atoms with Gasteiger partial charge in [-0.15, -0.1) is 0 Å². The van der Waals surface area contributed by atoms with Gasteiger partial charge in [-0.1, -0.05) is 17.7 Å². The number of aromatic amines is 1. The maximum Gasteiger partial charge on any atom is 0.241 e. The van der Waals surface area contributed by atoms with E-state index in [0.29, 0.717) is 18.0 Å². The van der Waals surface area contributed by atoms with Gasteiger partial charge in [0.2, 0.25) is 5.91 Å². The molecule has 2 aromatic rings. The van der Waals surface area contributed by atoms with Gasteiger partial charge >= 0.3 is 0 Å². The smallest absolute Gasteiger partial charge is 0.241 e. The predicted octanol–water partition coefficient (Wildman–Crippen LogP) is 2.02. The van der Waals surface area contributed by atoms with E-state index in [4.69, 9.17) is 11.6 Å². The van der Waals surface area contributed by atoms with Crippen LogP contribution in [-0.2, 0) is 17.8 Å². The number of carbonyl (C=O) groups excluding carboxylic acids is 1. The zero-order valence-corrected chi connectivity index (χ0v) is 11.8. The van der Waals surface area contributed by atoms with Gasteiger partial charge in [-0.05, 0) is 24.6 Å². The van der Waals surface area contributed by atoms with Gasteiger partial charge in [-0.2, -0.15) is 0 Å². The molecule has 5 nitrogen and oxygen atoms in total. The second-order valence-electron chi connectivity index (χ2n) is 4.87. The summed E-state index contributed by atoms with van der Waals surface area (Å²) in [6.45, 7) is 2.51. The summed E-state index contributed by atoms with van der Waals surface area (Å²) < 4.78 is 0. The quantitative estimate of drug-likeness (QED) is 0.792. The number of anilines is 1. The minimum Gasteiger partial charge on any atom is -0.347 e. The van der Waals surface area contributed by atoms with E-state index in [2.05, 4.69) is 20.6 Å². The van der Waals surface area contributed by atoms with Gasteiger partial charge in [-0.25, -0.2) is 4.98 Å². The van der Waals surface area contributed by atoms with E-state index in [-0.39, 0.29) is 11.9 Å². The second kappa shape index (κ2) is 5.26. The molecule has 6 heteroatoms. The van der Waals surface area contributed by atoms with Crippen LogP contribution in [0.25, 0.3) is 0 Å². The molecule has 0 fully saturated rings. The molecule has 1 atom stereocenters. The molecule has 1 aliphatic heterocycles. The number of nitrogens with one attached hydrogen (secondary N) is 3. The number of amides is 1. The molecule has 0 aliphatic carbocycles. The van der Waals surface area contributed by atoms with Crippen LogP contribution in [0.5, 0.6) is 0 Å². The van der Waals surface area contributed by atoms with Crippen molar-refractivity contribution in [1.29, 1.82) is 0 Å². The third-order valence-corrected chi connectivity index (χ3v) is 3.98. The molecule has 0 bridgehead atoms. The molecule has 0 radical (unpaired) electrons. The number of rotatable bonds is 2. The van der Waals surface area contributed by atoms with Gasteiger partial charge in [0.1, 0.15) is 0 Å². The van der Waals surface area contributed by atoms with Crippen molar-refractivity contribution in [1.82, 2.24) is 15.3 Å². The Labute approximate surface area is 121 Å². The van der Waals surface area contributed by atoms with Gasteiger partial charge in [0, 0.05) is 23.7 Å². The molecule has 3 rings (SSSR count). The Morgan fingerprint density at radius 2 is 2.35 bits per heavy atom. The number of hydrogen-bond acceptors (Lipinski definition) is 3. The fourth-order valence-electron chi connectivity index (χ4n) is 2.32. The van der Waals surface area contributed by atoms with Crippen molar-refractivity contribution in [2.75, 3.05) is 5.32 Å². The molecule has 104 valence electrons. The molecule has 1 aliphatic rings. The molecule has 0 saturated heterocycles. The number of H-pyrrole nitrogens is 1. The minimum atomic E-state index is -0.274. The average molecular weight is 291 g/mol. The monoisotopic (exact) mass is 290 g/mol. The first-order chi connectivity index (χ1) is 9.65. The van der Waals surface area contributed by atoms with E-state index in [9.17, 15) is 4.79 Å². The summed E-state index contributed by atoms with van der Waals surface area (Å²) in [5, 5.41) is 6.77. The van der Waals surface area contributed by atoms with Crippen LogP contribution in [-0.4, -0.2) is 21.9 Å². The van der Waals surface area contributed by atoms with E-state index < -0.39 is 0 Å². The van der Waals surface area contributed by atoms with Crippen molar-refractivity contribution in [3.8, 4) is 0 Å². The molecular formula is C14H15ClN4O. The summed E-state index contributed by atoms with van der Waals surface area (Å²) in [6, 6.07) is 5.21. The maximum absolute atomic E-state index is 12.3. The fraction of sp³-hybridized carbons (Fsp3) is 0.286. The van der Waals surface area contributed by atoms with Crippen LogP contribution in [0.3, 0.4) is 0 Å². The highest BCUT2D eigenvalue weighted by molar-refractivity contribution is 6.31. The van der Waals surface area contributed by atoms with E-state index in [1.54, 1.807) is 12.4 Å². The van der Waals surface area contributed by atoms with Crippen LogP contribution in [0.1, 0.15) is 17.0 Å². The Kier molecular flexibility index (Phi) is 3.46. The second-order valence-corrected chi connectivity index (χ2v) is 5.27. The first kappa shape index (κ1) is 13.1. The number of aromatic nitrogens is 2. The normalized spacial score (nSPS) is 17.6. The van der Waals surface area contributed by atoms with Crippen molar-refractivity contribution in [2.24, 2.45) is 0 Å². The first-order valence-electron chi connectivity index (χ1n) is 6.45. The van der Waals surface area contributed by atoms with E-state index in [1.807, 2.05) is 19.1 Å². The lowest BCUT2D eigenvalue weighted by atomic mass is 10.0. The zero-order chi connectivity index (χ0) is 14.1. The lowest BCUT2D eigenvalue weighted by molar-refractivity contribution is -0.118. The number of fused-ring (bicyclic) bond motifs is 1. The zero-order valence-electron chi connectivity index (χ0n) is 11.0. The molecule has 3 N–H and O–H groups in total. The minimum absolute atomic E-state index is 0.0657. The highest BCUT2D eigenvalue weighted by atomic mass is 35.5. The number of imidazole rings is 1. The van der Waals surface area contributed by atoms with Gasteiger partial charge in [-0.3, -0.25) is 10.1 Å². The Bertz CT molecular complexity index is 652. The summed E-state index contributed by atoms with van der Waals surface area (Å²) in [5.41, 5.74) is 3.62. The van der Waals surface area contributed by atoms with Gasteiger partial charge in [0.05, 0.1) is 23.8 Å². The molecule has 2 heterocycles. The van der Waals surface area contributed by atoms with E-state index >= 15 is 0 Å². The van der Waals surface area contributed by atoms with Crippen molar-refractivity contribution in [3.63, 3.8) is 0 Å². The highest BCUT2D eigenvalue weighted by Gasteiger charge is 2.26. The van der Waals surface area contributed by atoms with E-state index in [0.717, 1.165) is 22.6 Å². The van der Waals surface area contributed by atoms with Crippen LogP contribution in [0, 0.1) is 6.92 Å². The fourth-order valence-corrected chi connectivity index (χ4v) is 2.49. The number of carbonyl (C=O) groups is 1. The molecule has 0 spiro atoms. The summed E-state index contributed by atoms with van der Waals surface area (Å²) in [7, 11) is 0. The average Bonchev–Trinajstić information content (AvgIpc) is 2.91. The molecule has 1 amide bonds. The molecule has 1 unspecified atom stereocenters. The summed E-state index contributed by atoms with van der Waals surface area (Å²) in [4.78, 5) is 19.6. The molecule has 0 saturated carbocycles. The van der Waals surface area contributed by atoms with Crippen LogP contribution < -0.4 is 10.6 Å². The number of benzene rings is 1. The maximum atomic E-state index is 12.3. The van der Waals surface area contributed by atoms with Crippen LogP contribution in [0.15, 0.2) is 24.5 Å². The van der Waals surface area contributed by atoms with Gasteiger partial charge in [0.25, 0.3) is 0 Å². The molecule has 1 aromatic carbocycles. The summed E-state index contributed by atoms with van der Waals surface area (Å²) >= 11 is 6.05. The van der Waals surface area contributed by atoms with Crippen molar-refractivity contribution in [2.45, 2.75) is 25.9 Å². The predicted molar refractivity (Wildman–Crippen MR) is 77.7 cm³/mol. The topological polar surface area (TPSA) is 69.8 Å². The molecule has 1 aromatic heterocycles. The Hall–Kier alpha value is -1.85. The standard InChI is InChI=1S/C14H15ClN4O/c1-8-9(15)3-2-4-10(8)19-14(20)12-5-11-13(6-16-12)18-7-17-11/h2-4,7,12,16H,5-6H2,1H3,(H,17,18)(H,19,20). The molecular weight excluding hydrogens is 276 g/mol. The lowest BCUT2D eigenvalue weighted by Gasteiger charge is -2.22. The van der Waals surface area contributed by atoms with Crippen LogP contribution in [0.4, 0.5) is 5.69 Å². The third-order valence-electron chi connectivity index (χ3n) is 3.57. The van der Waals surface area contributed by atoms with E-state index in [1.165, 1.54) is 0 Å². The van der Waals surface area contributed by atoms with Gasteiger partial charge in [0.15, 0.2) is 0 Å². The van der Waals surface area contributed by atoms with Crippen LogP contribution >= 0.6 is 11.6 Å². The summed E-state index contributed by atoms with van der Waals surface area (Å²) in [5.74, 6) is -0.0657. The SMILES string of the molecule is Cc1c(Cl)cccc1NC(=O)C1Cc2nc[nH]c2CN1. The molecule has 20 heavy (non-hydrogen) atoms.